The third-order valence-electron chi connectivity index (χ3n) is 5.69. The Balaban J connectivity index is 1.77. The number of aromatic nitrogens is 3. The zero-order valence-electron chi connectivity index (χ0n) is 18.1. The van der Waals surface area contributed by atoms with Crippen LogP contribution in [0.25, 0.3) is 21.9 Å². The summed E-state index contributed by atoms with van der Waals surface area (Å²) in [6, 6.07) is 6.35. The number of hydrogen-bond donors (Lipinski definition) is 2. The number of fused-ring (bicyclic) bond motifs is 3. The summed E-state index contributed by atoms with van der Waals surface area (Å²) in [6.45, 7) is 10.1. The van der Waals surface area contributed by atoms with Crippen molar-refractivity contribution in [3.05, 3.63) is 29.6 Å². The predicted molar refractivity (Wildman–Crippen MR) is 120 cm³/mol. The zero-order valence-corrected chi connectivity index (χ0v) is 18.1. The molecule has 0 saturated heterocycles. The molecule has 0 aliphatic heterocycles. The third kappa shape index (κ3) is 4.46. The van der Waals surface area contributed by atoms with E-state index in [0.29, 0.717) is 5.82 Å². The van der Waals surface area contributed by atoms with Gasteiger partial charge in [0.25, 0.3) is 0 Å². The second-order valence-corrected chi connectivity index (χ2v) is 8.87. The molecule has 0 spiro atoms. The number of benzene rings is 1. The number of rotatable bonds is 8. The molecule has 2 heterocycles. The fourth-order valence-electron chi connectivity index (χ4n) is 3.67. The fraction of sp³-hybridized carbons (Fsp3) is 0.565. The van der Waals surface area contributed by atoms with Crippen LogP contribution in [0.3, 0.4) is 0 Å². The van der Waals surface area contributed by atoms with Crippen LogP contribution in [0.15, 0.2) is 18.2 Å². The van der Waals surface area contributed by atoms with Gasteiger partial charge in [-0.2, -0.15) is 0 Å². The van der Waals surface area contributed by atoms with Crippen LogP contribution in [0, 0.1) is 0 Å². The number of aromatic amines is 1. The molecule has 3 rings (SSSR count). The molecule has 0 aliphatic rings. The number of aryl methyl sites for hydroxylation is 2. The molecule has 0 amide bonds. The SMILES string of the molecule is CCCc1nc2c([nH]1)c(N)nc1cccc(CCCCCN(C)C(C)(C)C)c12. The lowest BCUT2D eigenvalue weighted by Crippen LogP contribution is -2.38. The highest BCUT2D eigenvalue weighted by Gasteiger charge is 2.16. The van der Waals surface area contributed by atoms with Crippen molar-refractivity contribution in [2.24, 2.45) is 0 Å². The van der Waals surface area contributed by atoms with Gasteiger partial charge >= 0.3 is 0 Å². The van der Waals surface area contributed by atoms with E-state index in [0.717, 1.165) is 53.6 Å². The normalized spacial score (nSPS) is 12.5. The number of hydrogen-bond acceptors (Lipinski definition) is 4. The highest BCUT2D eigenvalue weighted by Crippen LogP contribution is 2.30. The largest absolute Gasteiger partial charge is 0.382 e. The maximum absolute atomic E-state index is 6.20. The van der Waals surface area contributed by atoms with Gasteiger partial charge in [-0.15, -0.1) is 0 Å². The average Bonchev–Trinajstić information content (AvgIpc) is 3.05. The van der Waals surface area contributed by atoms with Crippen molar-refractivity contribution >= 4 is 27.8 Å². The molecule has 0 fully saturated rings. The Kier molecular flexibility index (Phi) is 6.23. The Morgan fingerprint density at radius 2 is 1.86 bits per heavy atom. The highest BCUT2D eigenvalue weighted by atomic mass is 15.1. The monoisotopic (exact) mass is 381 g/mol. The molecule has 28 heavy (non-hydrogen) atoms. The number of nitrogens with two attached hydrogens (primary N) is 1. The van der Waals surface area contributed by atoms with Gasteiger partial charge in [-0.25, -0.2) is 9.97 Å². The summed E-state index contributed by atoms with van der Waals surface area (Å²) in [5.41, 5.74) is 10.6. The van der Waals surface area contributed by atoms with Crippen molar-refractivity contribution in [2.45, 2.75) is 71.8 Å². The maximum atomic E-state index is 6.20. The first kappa shape index (κ1) is 20.6. The molecular weight excluding hydrogens is 346 g/mol. The number of unbranched alkanes of at least 4 members (excludes halogenated alkanes) is 2. The van der Waals surface area contributed by atoms with Gasteiger partial charge in [0.15, 0.2) is 0 Å². The number of nitrogen functional groups attached to an aromatic ring is 1. The van der Waals surface area contributed by atoms with Gasteiger partial charge < -0.3 is 15.6 Å². The Morgan fingerprint density at radius 1 is 1.07 bits per heavy atom. The van der Waals surface area contributed by atoms with E-state index in [1.807, 2.05) is 6.07 Å². The Bertz CT molecular complexity index is 935. The van der Waals surface area contributed by atoms with Gasteiger partial charge in [0, 0.05) is 17.3 Å². The average molecular weight is 382 g/mol. The lowest BCUT2D eigenvalue weighted by Gasteiger charge is -2.31. The number of H-pyrrole nitrogens is 1. The summed E-state index contributed by atoms with van der Waals surface area (Å²) in [4.78, 5) is 15.3. The van der Waals surface area contributed by atoms with E-state index in [2.05, 4.69) is 61.7 Å². The molecule has 0 atom stereocenters. The van der Waals surface area contributed by atoms with E-state index in [1.165, 1.54) is 24.8 Å². The second kappa shape index (κ2) is 8.48. The van der Waals surface area contributed by atoms with Crippen molar-refractivity contribution < 1.29 is 0 Å². The molecule has 152 valence electrons. The van der Waals surface area contributed by atoms with Gasteiger partial charge in [0.05, 0.1) is 5.52 Å². The molecule has 5 nitrogen and oxygen atoms in total. The van der Waals surface area contributed by atoms with Crippen molar-refractivity contribution in [1.82, 2.24) is 19.9 Å². The molecule has 0 bridgehead atoms. The van der Waals surface area contributed by atoms with Crippen molar-refractivity contribution in [2.75, 3.05) is 19.3 Å². The van der Waals surface area contributed by atoms with Gasteiger partial charge in [-0.1, -0.05) is 25.5 Å². The molecule has 0 aliphatic carbocycles. The summed E-state index contributed by atoms with van der Waals surface area (Å²) >= 11 is 0. The molecule has 3 N–H and O–H groups in total. The first-order valence-electron chi connectivity index (χ1n) is 10.6. The van der Waals surface area contributed by atoms with Gasteiger partial charge in [0.1, 0.15) is 22.7 Å². The molecule has 3 aromatic rings. The Labute approximate surface area is 168 Å². The number of pyridine rings is 1. The smallest absolute Gasteiger partial charge is 0.150 e. The van der Waals surface area contributed by atoms with Crippen LogP contribution in [0.2, 0.25) is 0 Å². The van der Waals surface area contributed by atoms with Crippen molar-refractivity contribution in [1.29, 1.82) is 0 Å². The van der Waals surface area contributed by atoms with Crippen LogP contribution < -0.4 is 5.73 Å². The van der Waals surface area contributed by atoms with Crippen LogP contribution in [0.4, 0.5) is 5.82 Å². The number of nitrogens with one attached hydrogen (secondary N) is 1. The summed E-state index contributed by atoms with van der Waals surface area (Å²) in [7, 11) is 2.21. The van der Waals surface area contributed by atoms with Crippen LogP contribution in [-0.4, -0.2) is 39.0 Å². The lowest BCUT2D eigenvalue weighted by atomic mass is 10.0. The molecule has 0 saturated carbocycles. The summed E-state index contributed by atoms with van der Waals surface area (Å²) in [6.07, 6.45) is 6.66. The fourth-order valence-corrected chi connectivity index (χ4v) is 3.67. The maximum Gasteiger partial charge on any atom is 0.150 e. The molecule has 5 heteroatoms. The van der Waals surface area contributed by atoms with Gasteiger partial charge in [-0.05, 0) is 71.7 Å². The van der Waals surface area contributed by atoms with Gasteiger partial charge in [0.2, 0.25) is 0 Å². The molecule has 1 aromatic carbocycles. The minimum Gasteiger partial charge on any atom is -0.382 e. The van der Waals surface area contributed by atoms with Crippen molar-refractivity contribution in [3.8, 4) is 0 Å². The third-order valence-corrected chi connectivity index (χ3v) is 5.69. The van der Waals surface area contributed by atoms with E-state index in [4.69, 9.17) is 10.7 Å². The number of nitrogens with zero attached hydrogens (tertiary/aromatic N) is 3. The standard InChI is InChI=1S/C23H35N5/c1-6-11-18-26-20-19-16(12-8-7-9-15-28(5)23(2,3)4)13-10-14-17(19)25-22(24)21(20)27-18/h10,13-14H,6-9,11-12,15H2,1-5H3,(H2,24,25)(H,26,27). The van der Waals surface area contributed by atoms with Crippen LogP contribution in [-0.2, 0) is 12.8 Å². The quantitative estimate of drug-likeness (QED) is 0.533. The summed E-state index contributed by atoms with van der Waals surface area (Å²) in [5, 5.41) is 1.16. The van der Waals surface area contributed by atoms with Crippen LogP contribution in [0.5, 0.6) is 0 Å². The predicted octanol–water partition coefficient (Wildman–Crippen LogP) is 5.09. The minimum atomic E-state index is 0.239. The van der Waals surface area contributed by atoms with E-state index in [-0.39, 0.29) is 5.54 Å². The molecular formula is C23H35N5. The van der Waals surface area contributed by atoms with E-state index < -0.39 is 0 Å². The minimum absolute atomic E-state index is 0.239. The molecule has 2 aromatic heterocycles. The van der Waals surface area contributed by atoms with E-state index in [1.54, 1.807) is 0 Å². The van der Waals surface area contributed by atoms with Gasteiger partial charge in [-0.3, -0.25) is 0 Å². The summed E-state index contributed by atoms with van der Waals surface area (Å²) < 4.78 is 0. The van der Waals surface area contributed by atoms with E-state index in [9.17, 15) is 0 Å². The Hall–Kier alpha value is -2.14. The first-order valence-corrected chi connectivity index (χ1v) is 10.6. The number of imidazole rings is 1. The lowest BCUT2D eigenvalue weighted by molar-refractivity contribution is 0.172. The first-order chi connectivity index (χ1) is 13.3. The van der Waals surface area contributed by atoms with Crippen LogP contribution >= 0.6 is 0 Å². The van der Waals surface area contributed by atoms with Crippen molar-refractivity contribution in [3.63, 3.8) is 0 Å². The molecule has 0 radical (unpaired) electrons. The topological polar surface area (TPSA) is 70.8 Å². The van der Waals surface area contributed by atoms with Crippen LogP contribution in [0.1, 0.15) is 64.8 Å². The molecule has 0 unspecified atom stereocenters. The summed E-state index contributed by atoms with van der Waals surface area (Å²) in [5.74, 6) is 1.54. The van der Waals surface area contributed by atoms with E-state index >= 15 is 0 Å². The number of anilines is 1. The second-order valence-electron chi connectivity index (χ2n) is 8.87. The highest BCUT2D eigenvalue weighted by molar-refractivity contribution is 6.07. The Morgan fingerprint density at radius 3 is 2.57 bits per heavy atom. The zero-order chi connectivity index (χ0) is 20.3.